The molecule has 0 saturated heterocycles. The molecule has 3 heteroatoms. The zero-order valence-corrected chi connectivity index (χ0v) is 4.86. The summed E-state index contributed by atoms with van der Waals surface area (Å²) in [5.41, 5.74) is 0.778. The SMILES string of the molecule is [B]N=Nc1ccccc1. The normalized spacial score (nSPS) is 10.2. The first-order chi connectivity index (χ1) is 4.43. The molecule has 0 atom stereocenters. The molecule has 0 aromatic heterocycles. The van der Waals surface area contributed by atoms with Crippen molar-refractivity contribution in [3.63, 3.8) is 0 Å². The number of hydrogen-bond acceptors (Lipinski definition) is 2. The number of rotatable bonds is 1. The van der Waals surface area contributed by atoms with Crippen molar-refractivity contribution in [3.8, 4) is 0 Å². The van der Waals surface area contributed by atoms with Gasteiger partial charge in [-0.3, -0.25) is 5.03 Å². The quantitative estimate of drug-likeness (QED) is 0.395. The highest BCUT2D eigenvalue weighted by Crippen LogP contribution is 2.08. The molecule has 0 aliphatic rings. The zero-order valence-electron chi connectivity index (χ0n) is 4.86. The molecule has 9 heavy (non-hydrogen) atoms. The molecular weight excluding hydrogens is 111 g/mol. The third kappa shape index (κ3) is 1.68. The Kier molecular flexibility index (Phi) is 2.02. The molecule has 1 rings (SSSR count). The summed E-state index contributed by atoms with van der Waals surface area (Å²) in [6.07, 6.45) is 0. The maximum atomic E-state index is 4.82. The summed E-state index contributed by atoms with van der Waals surface area (Å²) in [5, 5.41) is 6.74. The molecule has 0 fully saturated rings. The second kappa shape index (κ2) is 3.02. The minimum Gasteiger partial charge on any atom is -0.268 e. The lowest BCUT2D eigenvalue weighted by Crippen LogP contribution is -1.59. The van der Waals surface area contributed by atoms with E-state index in [1.807, 2.05) is 30.3 Å². The van der Waals surface area contributed by atoms with Crippen molar-refractivity contribution in [2.75, 3.05) is 0 Å². The maximum Gasteiger partial charge on any atom is 0.293 e. The topological polar surface area (TPSA) is 24.7 Å². The van der Waals surface area contributed by atoms with Crippen LogP contribution in [0.5, 0.6) is 0 Å². The Morgan fingerprint density at radius 1 is 1.11 bits per heavy atom. The zero-order chi connectivity index (χ0) is 6.53. The lowest BCUT2D eigenvalue weighted by molar-refractivity contribution is 1.33. The molecule has 0 aliphatic carbocycles. The molecule has 0 amide bonds. The fraction of sp³-hybridized carbons (Fsp3) is 0. The van der Waals surface area contributed by atoms with E-state index in [9.17, 15) is 0 Å². The van der Waals surface area contributed by atoms with E-state index in [0.717, 1.165) is 5.69 Å². The highest BCUT2D eigenvalue weighted by Gasteiger charge is 1.79. The summed E-state index contributed by atoms with van der Waals surface area (Å²) in [5.74, 6) is 0. The van der Waals surface area contributed by atoms with Gasteiger partial charge in [-0.25, -0.2) is 0 Å². The monoisotopic (exact) mass is 116 g/mol. The van der Waals surface area contributed by atoms with Gasteiger partial charge in [-0.1, -0.05) is 18.2 Å². The molecule has 0 saturated carbocycles. The van der Waals surface area contributed by atoms with Gasteiger partial charge in [0.1, 0.15) is 0 Å². The van der Waals surface area contributed by atoms with Crippen LogP contribution in [0.3, 0.4) is 0 Å². The van der Waals surface area contributed by atoms with Crippen LogP contribution in [0.2, 0.25) is 0 Å². The fourth-order valence-electron chi connectivity index (χ4n) is 0.561. The Hall–Kier alpha value is -1.12. The van der Waals surface area contributed by atoms with Crippen molar-refractivity contribution in [1.82, 2.24) is 0 Å². The summed E-state index contributed by atoms with van der Waals surface area (Å²) >= 11 is 0. The van der Waals surface area contributed by atoms with E-state index in [4.69, 9.17) is 7.98 Å². The van der Waals surface area contributed by atoms with Crippen LogP contribution in [0.4, 0.5) is 5.69 Å². The van der Waals surface area contributed by atoms with Gasteiger partial charge in [-0.15, -0.1) is 0 Å². The van der Waals surface area contributed by atoms with Gasteiger partial charge in [-0.05, 0) is 12.1 Å². The smallest absolute Gasteiger partial charge is 0.268 e. The first kappa shape index (κ1) is 6.01. The number of hydrogen-bond donors (Lipinski definition) is 0. The molecule has 2 radical (unpaired) electrons. The second-order valence-electron chi connectivity index (χ2n) is 1.55. The maximum absolute atomic E-state index is 4.82. The van der Waals surface area contributed by atoms with E-state index in [2.05, 4.69) is 10.1 Å². The summed E-state index contributed by atoms with van der Waals surface area (Å²) in [4.78, 5) is 0. The summed E-state index contributed by atoms with van der Waals surface area (Å²) in [7, 11) is 4.82. The molecule has 2 nitrogen and oxygen atoms in total. The first-order valence-electron chi connectivity index (χ1n) is 2.59. The minimum absolute atomic E-state index is 0.778. The molecule has 0 unspecified atom stereocenters. The highest BCUT2D eigenvalue weighted by atomic mass is 15.0. The summed E-state index contributed by atoms with van der Waals surface area (Å²) < 4.78 is 0. The molecule has 0 aliphatic heterocycles. The van der Waals surface area contributed by atoms with Crippen molar-refractivity contribution in [2.45, 2.75) is 0 Å². The van der Waals surface area contributed by atoms with Gasteiger partial charge in [0, 0.05) is 0 Å². The van der Waals surface area contributed by atoms with Gasteiger partial charge >= 0.3 is 0 Å². The Balaban J connectivity index is 2.85. The van der Waals surface area contributed by atoms with Crippen LogP contribution in [0.15, 0.2) is 40.5 Å². The largest absolute Gasteiger partial charge is 0.293 e. The predicted octanol–water partition coefficient (Wildman–Crippen LogP) is 1.85. The summed E-state index contributed by atoms with van der Waals surface area (Å²) in [6, 6.07) is 9.33. The van der Waals surface area contributed by atoms with Gasteiger partial charge in [0.15, 0.2) is 0 Å². The Bertz CT molecular complexity index is 195. The third-order valence-electron chi connectivity index (χ3n) is 0.929. The van der Waals surface area contributed by atoms with Crippen LogP contribution in [0.1, 0.15) is 0 Å². The molecule has 0 heterocycles. The molecule has 42 valence electrons. The minimum atomic E-state index is 0.778. The lowest BCUT2D eigenvalue weighted by atomic mass is 10.3. The fourth-order valence-corrected chi connectivity index (χ4v) is 0.561. The molecule has 1 aromatic carbocycles. The second-order valence-corrected chi connectivity index (χ2v) is 1.55. The predicted molar refractivity (Wildman–Crippen MR) is 36.7 cm³/mol. The molecule has 0 spiro atoms. The van der Waals surface area contributed by atoms with E-state index in [1.54, 1.807) is 0 Å². The van der Waals surface area contributed by atoms with Crippen LogP contribution in [-0.4, -0.2) is 7.98 Å². The average molecular weight is 116 g/mol. The van der Waals surface area contributed by atoms with Crippen molar-refractivity contribution < 1.29 is 0 Å². The van der Waals surface area contributed by atoms with E-state index in [-0.39, 0.29) is 0 Å². The Morgan fingerprint density at radius 2 is 1.78 bits per heavy atom. The van der Waals surface area contributed by atoms with E-state index in [1.165, 1.54) is 0 Å². The molecule has 0 N–H and O–H groups in total. The van der Waals surface area contributed by atoms with Crippen molar-refractivity contribution in [1.29, 1.82) is 0 Å². The van der Waals surface area contributed by atoms with Crippen LogP contribution < -0.4 is 0 Å². The lowest BCUT2D eigenvalue weighted by Gasteiger charge is -1.85. The highest BCUT2D eigenvalue weighted by molar-refractivity contribution is 6.04. The number of nitrogens with zero attached hydrogens (tertiary/aromatic N) is 2. The Morgan fingerprint density at radius 3 is 2.33 bits per heavy atom. The van der Waals surface area contributed by atoms with Crippen LogP contribution in [0.25, 0.3) is 0 Å². The third-order valence-corrected chi connectivity index (χ3v) is 0.929. The molecule has 1 aromatic rings. The van der Waals surface area contributed by atoms with Gasteiger partial charge < -0.3 is 0 Å². The van der Waals surface area contributed by atoms with Gasteiger partial charge in [0.05, 0.1) is 5.69 Å². The van der Waals surface area contributed by atoms with Crippen molar-refractivity contribution >= 4 is 13.7 Å². The van der Waals surface area contributed by atoms with Gasteiger partial charge in [0.25, 0.3) is 7.98 Å². The van der Waals surface area contributed by atoms with Crippen LogP contribution in [-0.2, 0) is 0 Å². The standard InChI is InChI=1S/C6H5BN2/c7-9-8-6-4-2-1-3-5-6/h1-5H. The van der Waals surface area contributed by atoms with Crippen LogP contribution in [0, 0.1) is 0 Å². The Labute approximate surface area is 55.1 Å². The average Bonchev–Trinajstić information content (AvgIpc) is 1.91. The summed E-state index contributed by atoms with van der Waals surface area (Å²) in [6.45, 7) is 0. The van der Waals surface area contributed by atoms with Crippen LogP contribution >= 0.6 is 0 Å². The van der Waals surface area contributed by atoms with Crippen molar-refractivity contribution in [2.24, 2.45) is 10.1 Å². The first-order valence-corrected chi connectivity index (χ1v) is 2.59. The van der Waals surface area contributed by atoms with E-state index >= 15 is 0 Å². The number of benzene rings is 1. The molecular formula is C6H5BN2. The molecule has 0 bridgehead atoms. The van der Waals surface area contributed by atoms with E-state index < -0.39 is 0 Å². The van der Waals surface area contributed by atoms with E-state index in [0.29, 0.717) is 0 Å². The van der Waals surface area contributed by atoms with Gasteiger partial charge in [0.2, 0.25) is 0 Å². The van der Waals surface area contributed by atoms with Crippen molar-refractivity contribution in [3.05, 3.63) is 30.3 Å². The van der Waals surface area contributed by atoms with Gasteiger partial charge in [-0.2, -0.15) is 5.11 Å².